The zero-order valence-electron chi connectivity index (χ0n) is 10.4. The summed E-state index contributed by atoms with van der Waals surface area (Å²) in [4.78, 5) is 62.9. The standard InChI is InChI=1S/2C5H4N2O3.Hg/c2*6-5(10)7-3(8)1-2-4(7)9;/h2*1-2H,(H2,6,10);/q;;+2/p-2. The van der Waals surface area contributed by atoms with Gasteiger partial charge in [-0.3, -0.25) is 28.8 Å². The molecule has 2 rings (SSSR count). The number of nitrogens with zero attached hydrogens (tertiary/aromatic N) is 2. The fourth-order valence-electron chi connectivity index (χ4n) is 1.20. The van der Waals surface area contributed by atoms with E-state index in [1.165, 1.54) is 0 Å². The molecule has 0 bridgehead atoms. The molecular weight excluding hydrogens is 473 g/mol. The maximum absolute atomic E-state index is 10.5. The van der Waals surface area contributed by atoms with Gasteiger partial charge in [0, 0.05) is 0 Å². The van der Waals surface area contributed by atoms with Crippen LogP contribution in [0.5, 0.6) is 0 Å². The van der Waals surface area contributed by atoms with Gasteiger partial charge in [-0.2, -0.15) is 0 Å². The molecule has 21 heavy (non-hydrogen) atoms. The van der Waals surface area contributed by atoms with Crippen molar-refractivity contribution < 1.29 is 56.4 Å². The molecule has 0 atom stereocenters. The molecule has 0 fully saturated rings. The number of carbonyl (C=O) groups is 6. The van der Waals surface area contributed by atoms with E-state index in [1.54, 1.807) is 0 Å². The number of hydrogen-bond donors (Lipinski definition) is 0. The van der Waals surface area contributed by atoms with Crippen molar-refractivity contribution in [3.8, 4) is 0 Å². The summed E-state index contributed by atoms with van der Waals surface area (Å²) in [5.74, 6) is -2.98. The predicted molar refractivity (Wildman–Crippen MR) is 61.4 cm³/mol. The predicted octanol–water partition coefficient (Wildman–Crippen LogP) is 0.165. The Balaban J connectivity index is 0.000000364. The maximum atomic E-state index is 10.5. The molecule has 0 radical (unpaired) electrons. The van der Waals surface area contributed by atoms with E-state index in [2.05, 4.69) is 0 Å². The third-order valence-corrected chi connectivity index (χ3v) is 2.02. The van der Waals surface area contributed by atoms with E-state index in [9.17, 15) is 28.8 Å². The Morgan fingerprint density at radius 1 is 0.667 bits per heavy atom. The van der Waals surface area contributed by atoms with E-state index in [4.69, 9.17) is 11.5 Å². The van der Waals surface area contributed by atoms with Crippen molar-refractivity contribution in [3.63, 3.8) is 0 Å². The zero-order chi connectivity index (χ0) is 15.4. The van der Waals surface area contributed by atoms with Crippen LogP contribution in [0.3, 0.4) is 0 Å². The minimum absolute atomic E-state index is 0. The van der Waals surface area contributed by atoms with E-state index in [-0.39, 0.29) is 37.5 Å². The Bertz CT molecular complexity index is 508. The Labute approximate surface area is 137 Å². The summed E-state index contributed by atoms with van der Waals surface area (Å²) < 4.78 is 0. The molecule has 0 unspecified atom stereocenters. The second kappa shape index (κ2) is 7.43. The Kier molecular flexibility index (Phi) is 6.59. The molecule has 0 spiro atoms. The fraction of sp³-hybridized carbons (Fsp3) is 0. The smallest absolute Gasteiger partial charge is 0.446 e. The Hall–Kier alpha value is -2.36. The van der Waals surface area contributed by atoms with Gasteiger partial charge in [0.1, 0.15) is 0 Å². The van der Waals surface area contributed by atoms with Gasteiger partial charge >= 0.3 is 27.7 Å². The first kappa shape index (κ1) is 18.6. The van der Waals surface area contributed by atoms with Crippen LogP contribution in [-0.2, 0) is 46.8 Å². The summed E-state index contributed by atoms with van der Waals surface area (Å²) in [6.45, 7) is 0. The summed E-state index contributed by atoms with van der Waals surface area (Å²) in [5, 5.41) is 0. The van der Waals surface area contributed by atoms with Crippen LogP contribution in [0.15, 0.2) is 24.3 Å². The number of rotatable bonds is 0. The van der Waals surface area contributed by atoms with Crippen molar-refractivity contribution in [2.24, 2.45) is 0 Å². The minimum Gasteiger partial charge on any atom is -0.446 e. The van der Waals surface area contributed by atoms with Gasteiger partial charge in [0.15, 0.2) is 35.7 Å². The number of hydrogen-bond acceptors (Lipinski definition) is 6. The van der Waals surface area contributed by atoms with Crippen LogP contribution in [-0.4, -0.2) is 45.5 Å². The average molecular weight is 479 g/mol. The fourth-order valence-corrected chi connectivity index (χ4v) is 1.20. The van der Waals surface area contributed by atoms with Crippen molar-refractivity contribution in [3.05, 3.63) is 35.8 Å². The van der Waals surface area contributed by atoms with Crippen molar-refractivity contribution in [2.75, 3.05) is 0 Å². The van der Waals surface area contributed by atoms with Crippen molar-refractivity contribution in [2.45, 2.75) is 0 Å². The van der Waals surface area contributed by atoms with Crippen LogP contribution in [0.2, 0.25) is 0 Å². The van der Waals surface area contributed by atoms with Crippen LogP contribution in [0, 0.1) is 0 Å². The van der Waals surface area contributed by atoms with E-state index < -0.39 is 35.7 Å². The summed E-state index contributed by atoms with van der Waals surface area (Å²) in [5.41, 5.74) is 12.9. The number of imide groups is 6. The van der Waals surface area contributed by atoms with E-state index >= 15 is 0 Å². The van der Waals surface area contributed by atoms with Crippen LogP contribution < -0.4 is 0 Å². The topological polar surface area (TPSA) is 156 Å². The van der Waals surface area contributed by atoms with Gasteiger partial charge in [0.25, 0.3) is 0 Å². The number of amides is 8. The summed E-state index contributed by atoms with van der Waals surface area (Å²) >= 11 is 0. The molecule has 0 aromatic heterocycles. The first-order valence-corrected chi connectivity index (χ1v) is 4.89. The second-order valence-electron chi connectivity index (χ2n) is 3.30. The van der Waals surface area contributed by atoms with Gasteiger partial charge in [-0.25, -0.2) is 0 Å². The van der Waals surface area contributed by atoms with Crippen molar-refractivity contribution in [1.82, 2.24) is 9.80 Å². The molecule has 2 aliphatic heterocycles. The average Bonchev–Trinajstić information content (AvgIpc) is 2.83. The van der Waals surface area contributed by atoms with E-state index in [0.717, 1.165) is 24.3 Å². The molecule has 10 nitrogen and oxygen atoms in total. The molecule has 2 heterocycles. The van der Waals surface area contributed by atoms with Crippen LogP contribution in [0.4, 0.5) is 9.59 Å². The summed E-state index contributed by atoms with van der Waals surface area (Å²) in [6.07, 6.45) is 3.81. The molecule has 2 N–H and O–H groups in total. The Morgan fingerprint density at radius 3 is 0.952 bits per heavy atom. The maximum Gasteiger partial charge on any atom is 2.00 e. The van der Waals surface area contributed by atoms with Crippen molar-refractivity contribution in [1.29, 1.82) is 0 Å². The molecule has 0 aliphatic carbocycles. The van der Waals surface area contributed by atoms with Crippen LogP contribution in [0.25, 0.3) is 11.5 Å². The van der Waals surface area contributed by atoms with Gasteiger partial charge < -0.3 is 21.3 Å². The molecule has 0 saturated heterocycles. The zero-order valence-corrected chi connectivity index (χ0v) is 15.9. The molecule has 2 aliphatic rings. The third-order valence-electron chi connectivity index (χ3n) is 2.02. The molecular formula is C10H6HgN4O6. The summed E-state index contributed by atoms with van der Waals surface area (Å²) in [7, 11) is 0. The van der Waals surface area contributed by atoms with Crippen LogP contribution >= 0.6 is 0 Å². The van der Waals surface area contributed by atoms with E-state index in [0.29, 0.717) is 0 Å². The third kappa shape index (κ3) is 4.31. The SMILES string of the molecule is [Hg+2].[NH-]C(=O)N1C(=O)C=CC1=O.[NH-]C(=O)N1C(=O)C=CC1=O. The molecule has 0 saturated carbocycles. The number of carbonyl (C=O) groups excluding carboxylic acids is 6. The minimum atomic E-state index is -1.29. The van der Waals surface area contributed by atoms with Crippen molar-refractivity contribution >= 4 is 35.7 Å². The summed E-state index contributed by atoms with van der Waals surface area (Å²) in [6, 6.07) is -2.58. The molecule has 11 heteroatoms. The molecule has 0 aromatic carbocycles. The quantitative estimate of drug-likeness (QED) is 0.356. The van der Waals surface area contributed by atoms with Gasteiger partial charge in [-0.05, 0) is 24.3 Å². The molecule has 104 valence electrons. The second-order valence-corrected chi connectivity index (χ2v) is 3.30. The largest absolute Gasteiger partial charge is 2.00 e. The number of urea groups is 2. The number of nitrogens with one attached hydrogen (secondary N) is 2. The van der Waals surface area contributed by atoms with Gasteiger partial charge in [-0.1, -0.05) is 0 Å². The molecule has 0 aromatic rings. The normalized spacial score (nSPS) is 15.8. The van der Waals surface area contributed by atoms with E-state index in [1.807, 2.05) is 0 Å². The molecule has 8 amide bonds. The van der Waals surface area contributed by atoms with Gasteiger partial charge in [0.2, 0.25) is 0 Å². The van der Waals surface area contributed by atoms with Crippen LogP contribution in [0.1, 0.15) is 0 Å². The first-order valence-electron chi connectivity index (χ1n) is 4.89. The first-order chi connectivity index (χ1) is 9.25. The monoisotopic (exact) mass is 480 g/mol. The van der Waals surface area contributed by atoms with Gasteiger partial charge in [-0.15, -0.1) is 0 Å². The van der Waals surface area contributed by atoms with Gasteiger partial charge in [0.05, 0.1) is 0 Å². The Morgan fingerprint density at radius 2 is 0.857 bits per heavy atom.